The van der Waals surface area contributed by atoms with Gasteiger partial charge in [0.25, 0.3) is 5.91 Å². The normalized spacial score (nSPS) is 10.1. The van der Waals surface area contributed by atoms with Crippen molar-refractivity contribution in [3.63, 3.8) is 0 Å². The van der Waals surface area contributed by atoms with Gasteiger partial charge in [-0.1, -0.05) is 24.1 Å². The zero-order valence-electron chi connectivity index (χ0n) is 12.4. The van der Waals surface area contributed by atoms with Crippen LogP contribution in [0.25, 0.3) is 5.52 Å². The topological polar surface area (TPSA) is 46.4 Å². The second-order valence-corrected chi connectivity index (χ2v) is 4.95. The summed E-state index contributed by atoms with van der Waals surface area (Å²) in [6.45, 7) is 1.91. The third-order valence-corrected chi connectivity index (χ3v) is 3.29. The molecule has 1 aromatic carbocycles. The van der Waals surface area contributed by atoms with Crippen molar-refractivity contribution in [2.45, 2.75) is 6.92 Å². The van der Waals surface area contributed by atoms with E-state index in [-0.39, 0.29) is 5.91 Å². The Bertz CT molecular complexity index is 898. The summed E-state index contributed by atoms with van der Waals surface area (Å²) in [6.07, 6.45) is 3.67. The molecule has 0 bridgehead atoms. The van der Waals surface area contributed by atoms with Crippen LogP contribution in [0.4, 0.5) is 0 Å². The lowest BCUT2D eigenvalue weighted by Crippen LogP contribution is -2.16. The van der Waals surface area contributed by atoms with Crippen LogP contribution in [0.3, 0.4) is 0 Å². The zero-order chi connectivity index (χ0) is 15.5. The van der Waals surface area contributed by atoms with Crippen LogP contribution in [0.15, 0.2) is 48.8 Å². The van der Waals surface area contributed by atoms with Gasteiger partial charge in [0.2, 0.25) is 0 Å². The van der Waals surface area contributed by atoms with E-state index in [9.17, 15) is 4.79 Å². The molecule has 0 atom stereocenters. The Hall–Kier alpha value is -3.06. The number of nitrogens with one attached hydrogen (secondary N) is 1. The van der Waals surface area contributed by atoms with Crippen LogP contribution in [0.2, 0.25) is 0 Å². The fraction of sp³-hybridized carbons (Fsp3) is 0.111. The van der Waals surface area contributed by atoms with E-state index in [2.05, 4.69) is 22.1 Å². The molecule has 22 heavy (non-hydrogen) atoms. The Labute approximate surface area is 128 Å². The van der Waals surface area contributed by atoms with Gasteiger partial charge in [-0.25, -0.2) is 4.98 Å². The summed E-state index contributed by atoms with van der Waals surface area (Å²) in [5.74, 6) is 6.09. The van der Waals surface area contributed by atoms with Crippen LogP contribution in [-0.4, -0.2) is 22.3 Å². The predicted octanol–water partition coefficient (Wildman–Crippen LogP) is 2.40. The van der Waals surface area contributed by atoms with E-state index < -0.39 is 0 Å². The molecule has 0 spiro atoms. The maximum Gasteiger partial charge on any atom is 0.252 e. The van der Waals surface area contributed by atoms with E-state index in [0.717, 1.165) is 16.8 Å². The van der Waals surface area contributed by atoms with E-state index >= 15 is 0 Å². The molecule has 1 N–H and O–H groups in total. The molecule has 108 valence electrons. The molecule has 0 aliphatic carbocycles. The van der Waals surface area contributed by atoms with Crippen molar-refractivity contribution in [1.29, 1.82) is 0 Å². The van der Waals surface area contributed by atoms with Crippen molar-refractivity contribution >= 4 is 11.4 Å². The van der Waals surface area contributed by atoms with Gasteiger partial charge in [-0.05, 0) is 31.0 Å². The molecule has 1 amide bonds. The van der Waals surface area contributed by atoms with Gasteiger partial charge in [-0.15, -0.1) is 0 Å². The highest BCUT2D eigenvalue weighted by Gasteiger charge is 2.10. The summed E-state index contributed by atoms with van der Waals surface area (Å²) in [6, 6.07) is 11.6. The molecule has 2 aromatic heterocycles. The Morgan fingerprint density at radius 2 is 1.95 bits per heavy atom. The first-order chi connectivity index (χ1) is 10.7. The number of hydrogen-bond donors (Lipinski definition) is 1. The maximum atomic E-state index is 11.8. The van der Waals surface area contributed by atoms with Gasteiger partial charge in [0.05, 0.1) is 16.8 Å². The third-order valence-electron chi connectivity index (χ3n) is 3.29. The van der Waals surface area contributed by atoms with Crippen molar-refractivity contribution in [2.24, 2.45) is 0 Å². The number of amides is 1. The summed E-state index contributed by atoms with van der Waals surface area (Å²) in [5, 5.41) is 2.63. The van der Waals surface area contributed by atoms with Crippen LogP contribution in [-0.2, 0) is 0 Å². The molecular weight excluding hydrogens is 274 g/mol. The quantitative estimate of drug-likeness (QED) is 0.699. The largest absolute Gasteiger partial charge is 0.355 e. The van der Waals surface area contributed by atoms with Gasteiger partial charge in [0, 0.05) is 25.0 Å². The SMILES string of the molecule is CNC(=O)c1cc2c(C#Cc3ccccc3)nc(C)cn2c1. The highest BCUT2D eigenvalue weighted by atomic mass is 16.1. The number of rotatable bonds is 1. The minimum atomic E-state index is -0.122. The second kappa shape index (κ2) is 5.74. The molecule has 0 aliphatic rings. The van der Waals surface area contributed by atoms with Crippen molar-refractivity contribution in [2.75, 3.05) is 7.05 Å². The number of aryl methyl sites for hydroxylation is 1. The first kappa shape index (κ1) is 13.9. The summed E-state index contributed by atoms with van der Waals surface area (Å²) in [4.78, 5) is 16.3. The number of hydrogen-bond acceptors (Lipinski definition) is 2. The molecule has 3 aromatic rings. The summed E-state index contributed by atoms with van der Waals surface area (Å²) in [7, 11) is 1.62. The predicted molar refractivity (Wildman–Crippen MR) is 85.7 cm³/mol. The Morgan fingerprint density at radius 3 is 2.68 bits per heavy atom. The average Bonchev–Trinajstić information content (AvgIpc) is 2.96. The number of fused-ring (bicyclic) bond motifs is 1. The van der Waals surface area contributed by atoms with Crippen LogP contribution >= 0.6 is 0 Å². The summed E-state index contributed by atoms with van der Waals surface area (Å²) in [5.41, 5.74) is 3.87. The summed E-state index contributed by atoms with van der Waals surface area (Å²) >= 11 is 0. The fourth-order valence-electron chi connectivity index (χ4n) is 2.25. The van der Waals surface area contributed by atoms with Gasteiger partial charge in [0.15, 0.2) is 0 Å². The Kier molecular flexibility index (Phi) is 3.63. The van der Waals surface area contributed by atoms with Gasteiger partial charge in [-0.3, -0.25) is 4.79 Å². The average molecular weight is 289 g/mol. The highest BCUT2D eigenvalue weighted by Crippen LogP contribution is 2.14. The van der Waals surface area contributed by atoms with Crippen molar-refractivity contribution < 1.29 is 4.79 Å². The van der Waals surface area contributed by atoms with Crippen molar-refractivity contribution in [1.82, 2.24) is 14.7 Å². The monoisotopic (exact) mass is 289 g/mol. The number of aromatic nitrogens is 2. The molecule has 0 unspecified atom stereocenters. The van der Waals surface area contributed by atoms with Crippen molar-refractivity contribution in [3.05, 3.63) is 71.3 Å². The smallest absolute Gasteiger partial charge is 0.252 e. The highest BCUT2D eigenvalue weighted by molar-refractivity contribution is 5.95. The molecule has 4 heteroatoms. The van der Waals surface area contributed by atoms with E-state index in [1.54, 1.807) is 19.3 Å². The van der Waals surface area contributed by atoms with Crippen LogP contribution in [0.5, 0.6) is 0 Å². The number of benzene rings is 1. The van der Waals surface area contributed by atoms with Gasteiger partial charge in [-0.2, -0.15) is 0 Å². The lowest BCUT2D eigenvalue weighted by atomic mass is 10.2. The van der Waals surface area contributed by atoms with E-state index in [1.165, 1.54) is 0 Å². The van der Waals surface area contributed by atoms with Crippen molar-refractivity contribution in [3.8, 4) is 11.8 Å². The second-order valence-electron chi connectivity index (χ2n) is 4.95. The van der Waals surface area contributed by atoms with E-state index in [1.807, 2.05) is 47.9 Å². The minimum absolute atomic E-state index is 0.122. The lowest BCUT2D eigenvalue weighted by molar-refractivity contribution is 0.0963. The fourth-order valence-corrected chi connectivity index (χ4v) is 2.25. The zero-order valence-corrected chi connectivity index (χ0v) is 12.4. The van der Waals surface area contributed by atoms with E-state index in [4.69, 9.17) is 0 Å². The third kappa shape index (κ3) is 2.70. The molecule has 3 rings (SSSR count). The Morgan fingerprint density at radius 1 is 1.18 bits per heavy atom. The number of nitrogens with zero attached hydrogens (tertiary/aromatic N) is 2. The first-order valence-corrected chi connectivity index (χ1v) is 6.96. The maximum absolute atomic E-state index is 11.8. The molecular formula is C18H15N3O. The van der Waals surface area contributed by atoms with Crippen LogP contribution in [0.1, 0.15) is 27.3 Å². The van der Waals surface area contributed by atoms with E-state index in [0.29, 0.717) is 11.3 Å². The van der Waals surface area contributed by atoms with Crippen LogP contribution in [0, 0.1) is 18.8 Å². The molecule has 0 aliphatic heterocycles. The first-order valence-electron chi connectivity index (χ1n) is 6.96. The Balaban J connectivity index is 2.11. The number of carbonyl (C=O) groups is 1. The number of carbonyl (C=O) groups excluding carboxylic acids is 1. The summed E-state index contributed by atoms with van der Waals surface area (Å²) < 4.78 is 1.89. The molecule has 0 saturated heterocycles. The van der Waals surface area contributed by atoms with Gasteiger partial charge in [0.1, 0.15) is 5.69 Å². The van der Waals surface area contributed by atoms with Gasteiger partial charge < -0.3 is 9.72 Å². The molecule has 4 nitrogen and oxygen atoms in total. The molecule has 0 fully saturated rings. The van der Waals surface area contributed by atoms with Crippen LogP contribution < -0.4 is 5.32 Å². The van der Waals surface area contributed by atoms with Gasteiger partial charge >= 0.3 is 0 Å². The minimum Gasteiger partial charge on any atom is -0.355 e. The molecule has 0 radical (unpaired) electrons. The lowest BCUT2D eigenvalue weighted by Gasteiger charge is -1.99. The molecule has 0 saturated carbocycles. The standard InChI is InChI=1S/C18H15N3O/c1-13-11-21-12-15(18(22)19-2)10-17(21)16(20-13)9-8-14-6-4-3-5-7-14/h3-7,10-12H,1-2H3,(H,19,22). The molecule has 2 heterocycles.